The second-order valence-electron chi connectivity index (χ2n) is 4.24. The molecule has 1 aromatic heterocycles. The van der Waals surface area contributed by atoms with Crippen molar-refractivity contribution in [3.63, 3.8) is 0 Å². The predicted octanol–water partition coefficient (Wildman–Crippen LogP) is 3.97. The summed E-state index contributed by atoms with van der Waals surface area (Å²) in [7, 11) is 4.68. The van der Waals surface area contributed by atoms with Crippen LogP contribution in [0.1, 0.15) is 5.56 Å². The van der Waals surface area contributed by atoms with Crippen LogP contribution in [-0.2, 0) is 0 Å². The molecule has 21 heavy (non-hydrogen) atoms. The molecule has 0 N–H and O–H groups in total. The Kier molecular flexibility index (Phi) is 4.90. The van der Waals surface area contributed by atoms with E-state index in [4.69, 9.17) is 18.9 Å². The first-order chi connectivity index (χ1) is 10.1. The molecule has 1 heterocycles. The van der Waals surface area contributed by atoms with Gasteiger partial charge in [-0.3, -0.25) is 0 Å². The summed E-state index contributed by atoms with van der Waals surface area (Å²) in [4.78, 5) is 4.24. The van der Waals surface area contributed by atoms with Gasteiger partial charge in [-0.15, -0.1) is 0 Å². The lowest BCUT2D eigenvalue weighted by atomic mass is 10.2. The average Bonchev–Trinajstić information content (AvgIpc) is 2.49. The van der Waals surface area contributed by atoms with E-state index in [9.17, 15) is 0 Å². The third-order valence-electron chi connectivity index (χ3n) is 2.85. The number of halogens is 1. The van der Waals surface area contributed by atoms with E-state index in [1.807, 2.05) is 13.0 Å². The van der Waals surface area contributed by atoms with E-state index in [-0.39, 0.29) is 0 Å². The van der Waals surface area contributed by atoms with Crippen LogP contribution in [0.3, 0.4) is 0 Å². The molecule has 2 aromatic rings. The largest absolute Gasteiger partial charge is 0.493 e. The summed E-state index contributed by atoms with van der Waals surface area (Å²) in [5, 5.41) is 0. The summed E-state index contributed by atoms with van der Waals surface area (Å²) in [6.45, 7) is 1.92. The Hall–Kier alpha value is -1.95. The molecule has 0 bridgehead atoms. The summed E-state index contributed by atoms with van der Waals surface area (Å²) in [5.41, 5.74) is 0.915. The Labute approximate surface area is 131 Å². The second kappa shape index (κ2) is 6.67. The number of pyridine rings is 1. The number of hydrogen-bond donors (Lipinski definition) is 0. The van der Waals surface area contributed by atoms with Gasteiger partial charge >= 0.3 is 0 Å². The highest BCUT2D eigenvalue weighted by Gasteiger charge is 2.15. The molecule has 2 rings (SSSR count). The first-order valence-electron chi connectivity index (χ1n) is 6.19. The Balaban J connectivity index is 2.40. The zero-order chi connectivity index (χ0) is 15.4. The molecule has 5 nitrogen and oxygen atoms in total. The van der Waals surface area contributed by atoms with E-state index in [2.05, 4.69) is 20.9 Å². The first kappa shape index (κ1) is 15.4. The SMILES string of the molecule is COc1cc(Oc2ncc(Br)cc2C)cc(OC)c1OC. The Morgan fingerprint density at radius 3 is 2.05 bits per heavy atom. The van der Waals surface area contributed by atoms with E-state index in [1.54, 1.807) is 39.7 Å². The van der Waals surface area contributed by atoms with Crippen molar-refractivity contribution in [2.45, 2.75) is 6.92 Å². The van der Waals surface area contributed by atoms with E-state index < -0.39 is 0 Å². The fourth-order valence-corrected chi connectivity index (χ4v) is 2.31. The lowest BCUT2D eigenvalue weighted by Gasteiger charge is -2.14. The lowest BCUT2D eigenvalue weighted by molar-refractivity contribution is 0.320. The lowest BCUT2D eigenvalue weighted by Crippen LogP contribution is -1.97. The van der Waals surface area contributed by atoms with Crippen molar-refractivity contribution in [3.05, 3.63) is 34.4 Å². The smallest absolute Gasteiger partial charge is 0.222 e. The molecule has 0 atom stereocenters. The minimum absolute atomic E-state index is 0.521. The van der Waals surface area contributed by atoms with E-state index in [0.29, 0.717) is 28.9 Å². The summed E-state index contributed by atoms with van der Waals surface area (Å²) in [6, 6.07) is 5.38. The standard InChI is InChI=1S/C15H16BrNO4/c1-9-5-10(16)8-17-15(9)21-11-6-12(18-2)14(20-4)13(7-11)19-3/h5-8H,1-4H3. The Morgan fingerprint density at radius 2 is 1.57 bits per heavy atom. The van der Waals surface area contributed by atoms with E-state index in [1.165, 1.54) is 0 Å². The number of hydrogen-bond acceptors (Lipinski definition) is 5. The summed E-state index contributed by atoms with van der Waals surface area (Å²) in [5.74, 6) is 2.66. The van der Waals surface area contributed by atoms with Crippen molar-refractivity contribution >= 4 is 15.9 Å². The van der Waals surface area contributed by atoms with Crippen molar-refractivity contribution in [3.8, 4) is 28.9 Å². The molecule has 0 fully saturated rings. The van der Waals surface area contributed by atoms with Gasteiger partial charge in [0.2, 0.25) is 11.6 Å². The molecule has 0 amide bonds. The fourth-order valence-electron chi connectivity index (χ4n) is 1.86. The Morgan fingerprint density at radius 1 is 0.952 bits per heavy atom. The third-order valence-corrected chi connectivity index (χ3v) is 3.28. The Bertz CT molecular complexity index is 621. The van der Waals surface area contributed by atoms with Crippen LogP contribution in [0.5, 0.6) is 28.9 Å². The third kappa shape index (κ3) is 3.39. The van der Waals surface area contributed by atoms with Crippen LogP contribution in [0.4, 0.5) is 0 Å². The normalized spacial score (nSPS) is 10.1. The molecule has 0 spiro atoms. The van der Waals surface area contributed by atoms with Gasteiger partial charge in [-0.25, -0.2) is 4.98 Å². The molecule has 1 aromatic carbocycles. The molecule has 0 radical (unpaired) electrons. The summed E-state index contributed by atoms with van der Waals surface area (Å²) >= 11 is 3.37. The van der Waals surface area contributed by atoms with Gasteiger partial charge in [-0.2, -0.15) is 0 Å². The summed E-state index contributed by atoms with van der Waals surface area (Å²) in [6.07, 6.45) is 1.68. The molecule has 0 saturated heterocycles. The molecule has 0 aliphatic rings. The monoisotopic (exact) mass is 353 g/mol. The highest BCUT2D eigenvalue weighted by molar-refractivity contribution is 9.10. The van der Waals surface area contributed by atoms with Gasteiger partial charge < -0.3 is 18.9 Å². The van der Waals surface area contributed by atoms with Gasteiger partial charge in [-0.1, -0.05) is 0 Å². The number of methoxy groups -OCH3 is 3. The molecule has 0 saturated carbocycles. The van der Waals surface area contributed by atoms with Crippen LogP contribution in [0.25, 0.3) is 0 Å². The number of aryl methyl sites for hydroxylation is 1. The molecule has 0 aliphatic heterocycles. The van der Waals surface area contributed by atoms with Crippen LogP contribution in [0.15, 0.2) is 28.9 Å². The van der Waals surface area contributed by atoms with Gasteiger partial charge in [0.15, 0.2) is 11.5 Å². The maximum atomic E-state index is 5.80. The summed E-state index contributed by atoms with van der Waals surface area (Å²) < 4.78 is 22.6. The number of benzene rings is 1. The quantitative estimate of drug-likeness (QED) is 0.813. The van der Waals surface area contributed by atoms with Crippen molar-refractivity contribution in [1.29, 1.82) is 0 Å². The topological polar surface area (TPSA) is 49.8 Å². The van der Waals surface area contributed by atoms with Gasteiger partial charge in [0.1, 0.15) is 5.75 Å². The molecule has 0 aliphatic carbocycles. The fraction of sp³-hybridized carbons (Fsp3) is 0.267. The number of rotatable bonds is 5. The minimum Gasteiger partial charge on any atom is -0.493 e. The highest BCUT2D eigenvalue weighted by Crippen LogP contribution is 2.42. The van der Waals surface area contributed by atoms with Crippen LogP contribution in [0, 0.1) is 6.92 Å². The first-order valence-corrected chi connectivity index (χ1v) is 6.98. The molecule has 0 unspecified atom stereocenters. The van der Waals surface area contributed by atoms with Crippen molar-refractivity contribution in [2.24, 2.45) is 0 Å². The molecular formula is C15H16BrNO4. The van der Waals surface area contributed by atoms with Crippen molar-refractivity contribution in [1.82, 2.24) is 4.98 Å². The predicted molar refractivity (Wildman–Crippen MR) is 82.8 cm³/mol. The van der Waals surface area contributed by atoms with E-state index >= 15 is 0 Å². The number of aromatic nitrogens is 1. The van der Waals surface area contributed by atoms with Gasteiger partial charge in [-0.05, 0) is 28.9 Å². The van der Waals surface area contributed by atoms with Crippen LogP contribution in [-0.4, -0.2) is 26.3 Å². The second-order valence-corrected chi connectivity index (χ2v) is 5.15. The van der Waals surface area contributed by atoms with Crippen molar-refractivity contribution in [2.75, 3.05) is 21.3 Å². The zero-order valence-corrected chi connectivity index (χ0v) is 13.9. The van der Waals surface area contributed by atoms with Gasteiger partial charge in [0.25, 0.3) is 0 Å². The van der Waals surface area contributed by atoms with Crippen LogP contribution < -0.4 is 18.9 Å². The molecule has 112 valence electrons. The van der Waals surface area contributed by atoms with Crippen LogP contribution in [0.2, 0.25) is 0 Å². The number of ether oxygens (including phenoxy) is 4. The maximum Gasteiger partial charge on any atom is 0.222 e. The van der Waals surface area contributed by atoms with Crippen molar-refractivity contribution < 1.29 is 18.9 Å². The van der Waals surface area contributed by atoms with Gasteiger partial charge in [0, 0.05) is 28.4 Å². The van der Waals surface area contributed by atoms with E-state index in [0.717, 1.165) is 10.0 Å². The minimum atomic E-state index is 0.521. The van der Waals surface area contributed by atoms with Gasteiger partial charge in [0.05, 0.1) is 21.3 Å². The maximum absolute atomic E-state index is 5.80. The highest BCUT2D eigenvalue weighted by atomic mass is 79.9. The molecule has 6 heteroatoms. The number of nitrogens with zero attached hydrogens (tertiary/aromatic N) is 1. The molecular weight excluding hydrogens is 338 g/mol. The van der Waals surface area contributed by atoms with Crippen LogP contribution >= 0.6 is 15.9 Å². The average molecular weight is 354 g/mol. The zero-order valence-electron chi connectivity index (χ0n) is 12.3.